The second-order valence-electron chi connectivity index (χ2n) is 4.69. The lowest BCUT2D eigenvalue weighted by molar-refractivity contribution is 0.0696. The van der Waals surface area contributed by atoms with Crippen molar-refractivity contribution < 1.29 is 18.9 Å². The third kappa shape index (κ3) is 11.0. The van der Waals surface area contributed by atoms with Gasteiger partial charge in [-0.05, 0) is 106 Å². The zero-order chi connectivity index (χ0) is 20.4. The van der Waals surface area contributed by atoms with Crippen molar-refractivity contribution in [3.05, 3.63) is 65.8 Å². The van der Waals surface area contributed by atoms with E-state index in [-0.39, 0.29) is 0 Å². The van der Waals surface area contributed by atoms with Crippen LogP contribution in [0, 0.1) is 21.0 Å². The smallest absolute Gasteiger partial charge is 0.335 e. The first-order valence-corrected chi connectivity index (χ1v) is 12.0. The highest BCUT2D eigenvalue weighted by Crippen LogP contribution is 2.14. The second-order valence-corrected chi connectivity index (χ2v) is 9.88. The molecule has 0 aliphatic carbocycles. The minimum atomic E-state index is -1.67. The van der Waals surface area contributed by atoms with Gasteiger partial charge >= 0.3 is 5.97 Å². The molecule has 2 aromatic rings. The first-order valence-electron chi connectivity index (χ1n) is 6.65. The summed E-state index contributed by atoms with van der Waals surface area (Å²) in [6, 6.07) is 10.5. The van der Waals surface area contributed by atoms with Crippen molar-refractivity contribution in [3.8, 4) is 0 Å². The van der Waals surface area contributed by atoms with E-state index >= 15 is 0 Å². The van der Waals surface area contributed by atoms with Crippen LogP contribution in [-0.2, 0) is 9.23 Å². The molecular weight excluding hydrogens is 648 g/mol. The quantitative estimate of drug-likeness (QED) is 0.302. The van der Waals surface area contributed by atoms with Crippen molar-refractivity contribution in [3.63, 3.8) is 0 Å². The fourth-order valence-corrected chi connectivity index (χ4v) is 2.59. The Hall–Kier alpha value is 0.0600. The predicted octanol–water partition coefficient (Wildman–Crippen LogP) is 6.32. The molecule has 0 saturated heterocycles. The highest BCUT2D eigenvalue weighted by Gasteiger charge is 2.03. The Morgan fingerprint density at radius 3 is 1.58 bits per heavy atom. The summed E-state index contributed by atoms with van der Waals surface area (Å²) in [4.78, 5) is 21.1. The van der Waals surface area contributed by atoms with Crippen LogP contribution in [0.4, 0.5) is 0 Å². The molecule has 0 aliphatic rings. The van der Waals surface area contributed by atoms with Crippen molar-refractivity contribution in [1.82, 2.24) is 0 Å². The van der Waals surface area contributed by atoms with Crippen molar-refractivity contribution in [2.45, 2.75) is 13.8 Å². The minimum absolute atomic E-state index is 0.347. The van der Waals surface area contributed by atoms with E-state index in [1.165, 1.54) is 0 Å². The third-order valence-corrected chi connectivity index (χ3v) is 5.36. The van der Waals surface area contributed by atoms with Crippen LogP contribution in [0.1, 0.15) is 31.8 Å². The number of aryl methyl sites for hydroxylation is 2. The van der Waals surface area contributed by atoms with Crippen molar-refractivity contribution in [1.29, 1.82) is 0 Å². The van der Waals surface area contributed by atoms with Gasteiger partial charge in [-0.1, -0.05) is 12.1 Å². The zero-order valence-electron chi connectivity index (χ0n) is 13.4. The summed E-state index contributed by atoms with van der Waals surface area (Å²) in [5, 5.41) is 8.20. The molecule has 10 heteroatoms. The van der Waals surface area contributed by atoms with E-state index in [1.807, 2.05) is 26.0 Å². The normalized spacial score (nSPS) is 9.54. The van der Waals surface area contributed by atoms with E-state index in [0.717, 1.165) is 18.3 Å². The van der Waals surface area contributed by atoms with Crippen molar-refractivity contribution in [2.24, 2.45) is 0 Å². The Morgan fingerprint density at radius 1 is 0.923 bits per heavy atom. The van der Waals surface area contributed by atoms with E-state index in [0.29, 0.717) is 11.1 Å². The molecule has 26 heavy (non-hydrogen) atoms. The van der Waals surface area contributed by atoms with Gasteiger partial charge in [0.25, 0.3) is 5.24 Å². The lowest BCUT2D eigenvalue weighted by Gasteiger charge is -1.98. The topological polar surface area (TPSA) is 71.4 Å². The zero-order valence-corrected chi connectivity index (χ0v) is 20.8. The Labute approximate surface area is 195 Å². The fraction of sp³-hybridized carbons (Fsp3) is 0.125. The molecule has 0 heterocycles. The number of halogens is 5. The Morgan fingerprint density at radius 2 is 1.27 bits per heavy atom. The van der Waals surface area contributed by atoms with Crippen molar-refractivity contribution >= 4 is 98.6 Å². The van der Waals surface area contributed by atoms with E-state index in [9.17, 15) is 9.59 Å². The molecule has 0 amide bonds. The van der Waals surface area contributed by atoms with Crippen LogP contribution in [0.2, 0.25) is 0 Å². The van der Waals surface area contributed by atoms with Crippen LogP contribution in [0.5, 0.6) is 0 Å². The molecule has 0 aromatic heterocycles. The molecule has 0 saturated carbocycles. The average Bonchev–Trinajstić information content (AvgIpc) is 2.52. The van der Waals surface area contributed by atoms with Gasteiger partial charge in [-0.3, -0.25) is 4.79 Å². The van der Waals surface area contributed by atoms with Gasteiger partial charge in [0.1, 0.15) is 0 Å². The van der Waals surface area contributed by atoms with Gasteiger partial charge < -0.3 is 5.11 Å². The number of carboxylic acid groups (broad SMARTS) is 1. The van der Waals surface area contributed by atoms with E-state index in [2.05, 4.69) is 66.5 Å². The van der Waals surface area contributed by atoms with Crippen LogP contribution >= 0.6 is 78.1 Å². The van der Waals surface area contributed by atoms with Crippen LogP contribution in [-0.4, -0.2) is 20.5 Å². The van der Waals surface area contributed by atoms with Gasteiger partial charge in [-0.25, -0.2) is 9.00 Å². The van der Waals surface area contributed by atoms with Crippen LogP contribution in [0.3, 0.4) is 0 Å². The van der Waals surface area contributed by atoms with Gasteiger partial charge in [0.15, 0.2) is 0 Å². The first kappa shape index (κ1) is 26.1. The van der Waals surface area contributed by atoms with E-state index < -0.39 is 20.4 Å². The molecule has 4 nitrogen and oxygen atoms in total. The number of carbonyl (C=O) groups is 2. The molecule has 0 aliphatic heterocycles. The van der Waals surface area contributed by atoms with E-state index in [1.54, 1.807) is 24.3 Å². The third-order valence-electron chi connectivity index (χ3n) is 2.82. The molecule has 0 unspecified atom stereocenters. The highest BCUT2D eigenvalue weighted by molar-refractivity contribution is 14.1. The summed E-state index contributed by atoms with van der Waals surface area (Å²) in [5.41, 5.74) is 3.17. The molecule has 0 bridgehead atoms. The first-order chi connectivity index (χ1) is 12.0. The molecule has 0 radical (unpaired) electrons. The maximum Gasteiger partial charge on any atom is 0.335 e. The molecule has 1 N–H and O–H groups in total. The molecule has 0 fully saturated rings. The fourth-order valence-electron chi connectivity index (χ4n) is 1.44. The molecule has 142 valence electrons. The van der Waals surface area contributed by atoms with Gasteiger partial charge in [0.2, 0.25) is 9.23 Å². The van der Waals surface area contributed by atoms with Crippen LogP contribution in [0.25, 0.3) is 0 Å². The number of rotatable bonds is 2. The van der Waals surface area contributed by atoms with Gasteiger partial charge in [-0.15, -0.1) is 0 Å². The molecule has 2 aromatic carbocycles. The summed E-state index contributed by atoms with van der Waals surface area (Å²) in [6.45, 7) is 3.94. The number of carboxylic acids is 1. The lowest BCUT2D eigenvalue weighted by Crippen LogP contribution is -1.96. The summed E-state index contributed by atoms with van der Waals surface area (Å²) in [6.07, 6.45) is 0. The number of hydrogen-bond donors (Lipinski definition) is 1. The monoisotopic (exact) mass is 660 g/mol. The van der Waals surface area contributed by atoms with Crippen LogP contribution in [0.15, 0.2) is 36.4 Å². The second kappa shape index (κ2) is 13.3. The largest absolute Gasteiger partial charge is 0.478 e. The maximum absolute atomic E-state index is 10.7. The predicted molar refractivity (Wildman–Crippen MR) is 125 cm³/mol. The molecular formula is C16H13Cl3I2O4S. The number of carbonyl (C=O) groups excluding carboxylic acids is 1. The summed E-state index contributed by atoms with van der Waals surface area (Å²) in [5.74, 6) is -0.872. The van der Waals surface area contributed by atoms with Crippen LogP contribution < -0.4 is 0 Å². The summed E-state index contributed by atoms with van der Waals surface area (Å²) in [7, 11) is 7.36. The molecule has 2 rings (SSSR count). The standard InChI is InChI=1S/C8H6ClIO.C8H7IO2.Cl2OS/c1-5-2-3-6(8(9)11)4-7(5)10;1-5-2-3-6(8(10)11)4-7(5)9;1-4(2)3/h2-4H,1H3;2-4H,1H3,(H,10,11);. The molecule has 0 spiro atoms. The number of benzene rings is 2. The highest BCUT2D eigenvalue weighted by atomic mass is 127. The van der Waals surface area contributed by atoms with Gasteiger partial charge in [0.05, 0.1) is 5.56 Å². The van der Waals surface area contributed by atoms with E-state index in [4.69, 9.17) is 20.9 Å². The molecule has 0 atom stereocenters. The Kier molecular flexibility index (Phi) is 13.3. The van der Waals surface area contributed by atoms with Gasteiger partial charge in [0, 0.05) is 34.1 Å². The van der Waals surface area contributed by atoms with Crippen molar-refractivity contribution in [2.75, 3.05) is 0 Å². The number of aromatic carboxylic acids is 1. The Bertz CT molecular complexity index is 751. The summed E-state index contributed by atoms with van der Waals surface area (Å²) >= 11 is 9.58. The SMILES string of the molecule is Cc1ccc(C(=O)Cl)cc1I.Cc1ccc(C(=O)O)cc1I.O=S(Cl)Cl. The average molecular weight is 662 g/mol. The maximum atomic E-state index is 10.7. The lowest BCUT2D eigenvalue weighted by atomic mass is 10.2. The number of hydrogen-bond acceptors (Lipinski definition) is 3. The summed E-state index contributed by atoms with van der Waals surface area (Å²) < 4.78 is 11.1. The van der Waals surface area contributed by atoms with Gasteiger partial charge in [-0.2, -0.15) is 0 Å². The minimum Gasteiger partial charge on any atom is -0.478 e. The Balaban J connectivity index is 0.000000401.